The summed E-state index contributed by atoms with van der Waals surface area (Å²) in [5.41, 5.74) is -0.243. The minimum atomic E-state index is -4.58. The molecule has 0 aliphatic carbocycles. The Hall–Kier alpha value is -2.89. The second kappa shape index (κ2) is 7.08. The number of morpholine rings is 1. The summed E-state index contributed by atoms with van der Waals surface area (Å²) in [5, 5.41) is 0. The molecule has 0 spiro atoms. The Morgan fingerprint density at radius 3 is 2.77 bits per heavy atom. The van der Waals surface area contributed by atoms with Gasteiger partial charge in [-0.2, -0.15) is 18.2 Å². The van der Waals surface area contributed by atoms with E-state index in [1.807, 2.05) is 4.90 Å². The maximum absolute atomic E-state index is 13.9. The van der Waals surface area contributed by atoms with Crippen molar-refractivity contribution < 1.29 is 22.7 Å². The second-order valence-electron chi connectivity index (χ2n) is 8.19. The summed E-state index contributed by atoms with van der Waals surface area (Å²) >= 11 is 0. The van der Waals surface area contributed by atoms with E-state index in [1.54, 1.807) is 7.05 Å². The van der Waals surface area contributed by atoms with Gasteiger partial charge in [-0.3, -0.25) is 14.2 Å². The Morgan fingerprint density at radius 2 is 2.16 bits per heavy atom. The number of fused-ring (bicyclic) bond motifs is 3. The van der Waals surface area contributed by atoms with Crippen molar-refractivity contribution in [3.8, 4) is 0 Å². The quantitative estimate of drug-likeness (QED) is 0.658. The van der Waals surface area contributed by atoms with Crippen LogP contribution < -0.4 is 15.4 Å². The number of ketones is 1. The molecule has 31 heavy (non-hydrogen) atoms. The van der Waals surface area contributed by atoms with Crippen LogP contribution in [0.4, 0.5) is 24.9 Å². The van der Waals surface area contributed by atoms with Gasteiger partial charge in [0, 0.05) is 26.2 Å². The fourth-order valence-electron chi connectivity index (χ4n) is 4.67. The lowest BCUT2D eigenvalue weighted by Crippen LogP contribution is -2.54. The maximum atomic E-state index is 13.9. The molecule has 2 saturated heterocycles. The molecule has 12 heteroatoms. The largest absolute Gasteiger partial charge is 0.408 e. The molecule has 2 fully saturated rings. The molecule has 3 aliphatic rings. The minimum absolute atomic E-state index is 0.0380. The molecule has 2 aromatic heterocycles. The summed E-state index contributed by atoms with van der Waals surface area (Å²) in [7, 11) is 1.59. The number of imidazole rings is 1. The van der Waals surface area contributed by atoms with Crippen LogP contribution in [0.3, 0.4) is 0 Å². The molecule has 0 amide bonds. The summed E-state index contributed by atoms with van der Waals surface area (Å²) in [6.45, 7) is 0.363. The van der Waals surface area contributed by atoms with Crippen LogP contribution in [-0.4, -0.2) is 68.9 Å². The highest BCUT2D eigenvalue weighted by Crippen LogP contribution is 2.36. The van der Waals surface area contributed by atoms with Crippen LogP contribution in [0.5, 0.6) is 0 Å². The summed E-state index contributed by atoms with van der Waals surface area (Å²) in [4.78, 5) is 36.7. The first-order valence-corrected chi connectivity index (χ1v) is 10.1. The number of aromatic nitrogens is 4. The fourth-order valence-corrected chi connectivity index (χ4v) is 4.67. The molecule has 0 radical (unpaired) electrons. The van der Waals surface area contributed by atoms with Crippen molar-refractivity contribution in [3.63, 3.8) is 0 Å². The van der Waals surface area contributed by atoms with Crippen molar-refractivity contribution in [2.24, 2.45) is 7.05 Å². The highest BCUT2D eigenvalue weighted by Gasteiger charge is 2.48. The van der Waals surface area contributed by atoms with E-state index in [0.717, 1.165) is 11.3 Å². The van der Waals surface area contributed by atoms with Crippen molar-refractivity contribution in [2.75, 3.05) is 29.5 Å². The van der Waals surface area contributed by atoms with Gasteiger partial charge in [0.2, 0.25) is 5.95 Å². The molecule has 0 N–H and O–H groups in total. The van der Waals surface area contributed by atoms with Crippen LogP contribution in [0.15, 0.2) is 23.4 Å². The first-order valence-electron chi connectivity index (χ1n) is 10.1. The number of anilines is 2. The third kappa shape index (κ3) is 3.38. The molecular weight excluding hydrogens is 417 g/mol. The minimum Gasteiger partial charge on any atom is -0.374 e. The van der Waals surface area contributed by atoms with Crippen LogP contribution >= 0.6 is 0 Å². The number of hydrogen-bond donors (Lipinski definition) is 0. The van der Waals surface area contributed by atoms with E-state index in [2.05, 4.69) is 9.97 Å². The zero-order valence-corrected chi connectivity index (χ0v) is 16.7. The van der Waals surface area contributed by atoms with Crippen molar-refractivity contribution in [2.45, 2.75) is 43.8 Å². The van der Waals surface area contributed by atoms with E-state index in [0.29, 0.717) is 19.0 Å². The average molecular weight is 438 g/mol. The number of nitrogens with zero attached hydrogens (tertiary/aromatic N) is 6. The smallest absolute Gasteiger partial charge is 0.374 e. The normalized spacial score (nSPS) is 25.2. The highest BCUT2D eigenvalue weighted by molar-refractivity contribution is 5.97. The number of aryl methyl sites for hydroxylation is 1. The van der Waals surface area contributed by atoms with Crippen molar-refractivity contribution in [3.05, 3.63) is 34.6 Å². The molecule has 2 aromatic rings. The van der Waals surface area contributed by atoms with Crippen molar-refractivity contribution in [1.29, 1.82) is 0 Å². The van der Waals surface area contributed by atoms with Crippen LogP contribution in [-0.2, 0) is 18.3 Å². The summed E-state index contributed by atoms with van der Waals surface area (Å²) in [6, 6.07) is -0.504. The zero-order valence-electron chi connectivity index (χ0n) is 16.7. The number of halogens is 3. The predicted molar refractivity (Wildman–Crippen MR) is 103 cm³/mol. The van der Waals surface area contributed by atoms with Crippen LogP contribution in [0.2, 0.25) is 0 Å². The monoisotopic (exact) mass is 438 g/mol. The number of hydrogen-bond acceptors (Lipinski definition) is 7. The Kier molecular flexibility index (Phi) is 4.57. The topological polar surface area (TPSA) is 85.5 Å². The van der Waals surface area contributed by atoms with E-state index >= 15 is 0 Å². The molecule has 3 aliphatic heterocycles. The van der Waals surface area contributed by atoms with E-state index in [4.69, 9.17) is 4.74 Å². The van der Waals surface area contributed by atoms with Crippen LogP contribution in [0, 0.1) is 0 Å². The number of ether oxygens (including phenoxy) is 1. The van der Waals surface area contributed by atoms with Gasteiger partial charge < -0.3 is 19.1 Å². The van der Waals surface area contributed by atoms with Gasteiger partial charge in [0.25, 0.3) is 5.56 Å². The van der Waals surface area contributed by atoms with Gasteiger partial charge >= 0.3 is 6.18 Å². The van der Waals surface area contributed by atoms with Gasteiger partial charge in [-0.25, -0.2) is 4.98 Å². The molecule has 2 bridgehead atoms. The van der Waals surface area contributed by atoms with Crippen LogP contribution in [0.25, 0.3) is 0 Å². The maximum Gasteiger partial charge on any atom is 0.408 e. The third-order valence-corrected chi connectivity index (χ3v) is 6.22. The first kappa shape index (κ1) is 20.0. The lowest BCUT2D eigenvalue weighted by Gasteiger charge is -2.39. The molecule has 9 nitrogen and oxygen atoms in total. The van der Waals surface area contributed by atoms with E-state index in [1.165, 1.54) is 27.7 Å². The average Bonchev–Trinajstić information content (AvgIpc) is 3.44. The first-order chi connectivity index (χ1) is 14.7. The van der Waals surface area contributed by atoms with E-state index in [9.17, 15) is 22.8 Å². The molecular formula is C19H21F3N6O3. The SMILES string of the molecule is Cn1cncc1C(=O)CN1c2nc(N3C[C@@H]4C[C@H]3CO4)cc(=O)n2CC[C@H]1C(F)(F)F. The third-order valence-electron chi connectivity index (χ3n) is 6.22. The summed E-state index contributed by atoms with van der Waals surface area (Å²) in [6.07, 6.45) is -1.36. The molecule has 0 saturated carbocycles. The lowest BCUT2D eigenvalue weighted by molar-refractivity contribution is -0.152. The molecule has 3 atom stereocenters. The van der Waals surface area contributed by atoms with Gasteiger partial charge in [-0.05, 0) is 12.8 Å². The van der Waals surface area contributed by atoms with Gasteiger partial charge in [-0.1, -0.05) is 0 Å². The van der Waals surface area contributed by atoms with Gasteiger partial charge in [-0.15, -0.1) is 0 Å². The number of Topliss-reactive ketones (excluding diaryl/α,β-unsaturated/α-hetero) is 1. The lowest BCUT2D eigenvalue weighted by atomic mass is 10.1. The highest BCUT2D eigenvalue weighted by atomic mass is 19.4. The molecule has 0 unspecified atom stereocenters. The summed E-state index contributed by atoms with van der Waals surface area (Å²) < 4.78 is 49.8. The van der Waals surface area contributed by atoms with Gasteiger partial charge in [0.1, 0.15) is 17.6 Å². The van der Waals surface area contributed by atoms with Crippen molar-refractivity contribution >= 4 is 17.5 Å². The number of carbonyl (C=O) groups excluding carboxylic acids is 1. The molecule has 166 valence electrons. The second-order valence-corrected chi connectivity index (χ2v) is 8.19. The Morgan fingerprint density at radius 1 is 1.35 bits per heavy atom. The predicted octanol–water partition coefficient (Wildman–Crippen LogP) is 0.978. The van der Waals surface area contributed by atoms with Crippen molar-refractivity contribution in [1.82, 2.24) is 19.1 Å². The number of alkyl halides is 3. The van der Waals surface area contributed by atoms with E-state index in [-0.39, 0.29) is 36.8 Å². The van der Waals surface area contributed by atoms with Crippen LogP contribution in [0.1, 0.15) is 23.3 Å². The molecule has 5 rings (SSSR count). The van der Waals surface area contributed by atoms with E-state index < -0.39 is 30.1 Å². The molecule has 0 aromatic carbocycles. The Balaban J connectivity index is 1.55. The number of carbonyl (C=O) groups is 1. The Labute approximate surface area is 175 Å². The van der Waals surface area contributed by atoms with Gasteiger partial charge in [0.05, 0.1) is 37.8 Å². The molecule has 5 heterocycles. The van der Waals surface area contributed by atoms with Gasteiger partial charge in [0.15, 0.2) is 5.78 Å². The fraction of sp³-hybridized carbons (Fsp3) is 0.579. The standard InChI is InChI=1S/C19H21F3N6O3/c1-25-10-23-6-13(25)14(29)8-28-15(19(20,21)22)2-3-26-17(30)5-16(24-18(26)28)27-7-12-4-11(27)9-31-12/h5-6,10-12,15H,2-4,7-9H2,1H3/t11-,12-,15-/m0/s1. The number of rotatable bonds is 4. The Bertz CT molecular complexity index is 1080. The summed E-state index contributed by atoms with van der Waals surface area (Å²) in [5.74, 6) is -0.334. The zero-order chi connectivity index (χ0) is 21.9.